The van der Waals surface area contributed by atoms with Gasteiger partial charge >= 0.3 is 0 Å². The number of aromatic nitrogens is 2. The number of methoxy groups -OCH3 is 1. The van der Waals surface area contributed by atoms with Crippen molar-refractivity contribution in [1.82, 2.24) is 9.97 Å². The predicted octanol–water partition coefficient (Wildman–Crippen LogP) is 3.08. The molecule has 0 saturated carbocycles. The average Bonchev–Trinajstić information content (AvgIpc) is 2.80. The van der Waals surface area contributed by atoms with Crippen molar-refractivity contribution in [3.63, 3.8) is 0 Å². The second-order valence-electron chi connectivity index (χ2n) is 6.79. The van der Waals surface area contributed by atoms with Gasteiger partial charge in [-0.2, -0.15) is 0 Å². The van der Waals surface area contributed by atoms with Gasteiger partial charge in [-0.3, -0.25) is 13.8 Å². The molecule has 1 aromatic heterocycles. The molecule has 0 aliphatic heterocycles. The van der Waals surface area contributed by atoms with Crippen LogP contribution < -0.4 is 20.7 Å². The number of aryl methyl sites for hydroxylation is 1. The van der Waals surface area contributed by atoms with Crippen LogP contribution in [0.2, 0.25) is 0 Å². The third-order valence-electron chi connectivity index (χ3n) is 4.58. The van der Waals surface area contributed by atoms with Crippen LogP contribution in [0.15, 0.2) is 53.8 Å². The monoisotopic (exact) mass is 453 g/mol. The lowest BCUT2D eigenvalue weighted by molar-refractivity contribution is 0.101. The highest BCUT2D eigenvalue weighted by Gasteiger charge is 2.17. The summed E-state index contributed by atoms with van der Waals surface area (Å²) in [6, 6.07) is 12.0. The Labute approximate surface area is 188 Å². The van der Waals surface area contributed by atoms with Gasteiger partial charge in [0.1, 0.15) is 17.1 Å². The molecule has 1 unspecified atom stereocenters. The molecule has 1 heterocycles. The van der Waals surface area contributed by atoms with E-state index in [1.54, 1.807) is 49.5 Å². The fourth-order valence-electron chi connectivity index (χ4n) is 2.85. The molecule has 166 valence electrons. The summed E-state index contributed by atoms with van der Waals surface area (Å²) >= 11 is 0. The molecule has 2 amide bonds. The zero-order chi connectivity index (χ0) is 23.3. The number of hydrogen-bond acceptors (Lipinski definition) is 7. The average molecular weight is 454 g/mol. The topological polar surface area (TPSA) is 122 Å². The van der Waals surface area contributed by atoms with Crippen molar-refractivity contribution in [1.29, 1.82) is 0 Å². The van der Waals surface area contributed by atoms with Crippen molar-refractivity contribution in [2.75, 3.05) is 36.4 Å². The molecule has 2 aromatic carbocycles. The normalized spacial score (nSPS) is 11.4. The number of carbonyl (C=O) groups is 2. The predicted molar refractivity (Wildman–Crippen MR) is 124 cm³/mol. The van der Waals surface area contributed by atoms with Gasteiger partial charge in [0.05, 0.1) is 17.9 Å². The van der Waals surface area contributed by atoms with Crippen LogP contribution >= 0.6 is 0 Å². The maximum Gasteiger partial charge on any atom is 0.261 e. The fourth-order valence-corrected chi connectivity index (χ4v) is 3.27. The van der Waals surface area contributed by atoms with Crippen LogP contribution in [0, 0.1) is 6.92 Å². The number of ether oxygens (including phenoxy) is 1. The summed E-state index contributed by atoms with van der Waals surface area (Å²) < 4.78 is 16.8. The first-order valence-corrected chi connectivity index (χ1v) is 11.1. The third-order valence-corrected chi connectivity index (χ3v) is 5.29. The number of nitrogens with zero attached hydrogens (tertiary/aromatic N) is 2. The summed E-state index contributed by atoms with van der Waals surface area (Å²) in [5.41, 5.74) is 2.48. The molecule has 0 radical (unpaired) electrons. The molecular formula is C22H23N5O4S. The molecule has 1 atom stereocenters. The quantitative estimate of drug-likeness (QED) is 0.470. The van der Waals surface area contributed by atoms with Crippen LogP contribution in [0.4, 0.5) is 17.2 Å². The second kappa shape index (κ2) is 10.0. The Balaban J connectivity index is 1.81. The van der Waals surface area contributed by atoms with E-state index in [4.69, 9.17) is 4.74 Å². The van der Waals surface area contributed by atoms with Gasteiger partial charge in [-0.05, 0) is 42.8 Å². The number of carbonyl (C=O) groups excluding carboxylic acids is 2. The van der Waals surface area contributed by atoms with Crippen molar-refractivity contribution in [3.8, 4) is 5.75 Å². The summed E-state index contributed by atoms with van der Waals surface area (Å²) in [6.07, 6.45) is 2.79. The van der Waals surface area contributed by atoms with Crippen LogP contribution in [0.3, 0.4) is 0 Å². The molecule has 3 N–H and O–H groups in total. The lowest BCUT2D eigenvalue weighted by atomic mass is 10.1. The number of rotatable bonds is 7. The number of anilines is 3. The Kier molecular flexibility index (Phi) is 7.16. The highest BCUT2D eigenvalue weighted by molar-refractivity contribution is 7.84. The highest BCUT2D eigenvalue weighted by atomic mass is 32.2. The minimum Gasteiger partial charge on any atom is -0.497 e. The molecule has 3 aromatic rings. The van der Waals surface area contributed by atoms with Gasteiger partial charge < -0.3 is 20.7 Å². The van der Waals surface area contributed by atoms with Gasteiger partial charge in [-0.25, -0.2) is 9.97 Å². The molecule has 0 aliphatic carbocycles. The lowest BCUT2D eigenvalue weighted by Crippen LogP contribution is -2.17. The summed E-state index contributed by atoms with van der Waals surface area (Å²) in [5.74, 6) is 0.0963. The van der Waals surface area contributed by atoms with Crippen molar-refractivity contribution in [2.24, 2.45) is 0 Å². The van der Waals surface area contributed by atoms with Gasteiger partial charge in [-0.15, -0.1) is 0 Å². The molecular weight excluding hydrogens is 430 g/mol. The molecule has 3 rings (SSSR count). The van der Waals surface area contributed by atoms with Crippen molar-refractivity contribution in [3.05, 3.63) is 65.4 Å². The van der Waals surface area contributed by atoms with E-state index in [1.165, 1.54) is 19.6 Å². The molecule has 32 heavy (non-hydrogen) atoms. The standard InChI is InChI=1S/C22H23N5O4S/c1-13-8-9-15(25-20(28)14-6-5-7-16(10-14)31-3)11-18(13)26-21(29)17-12-24-22(32(4)30)27-19(17)23-2/h5-12H,1-4H3,(H,25,28)(H,26,29)(H,23,24,27). The minimum absolute atomic E-state index is 0.129. The van der Waals surface area contributed by atoms with Crippen molar-refractivity contribution < 1.29 is 18.5 Å². The maximum atomic E-state index is 12.8. The Morgan fingerprint density at radius 3 is 2.53 bits per heavy atom. The van der Waals surface area contributed by atoms with Crippen LogP contribution in [0.5, 0.6) is 5.75 Å². The number of nitrogens with one attached hydrogen (secondary N) is 3. The van der Waals surface area contributed by atoms with Gasteiger partial charge in [0, 0.05) is 36.4 Å². The first-order valence-electron chi connectivity index (χ1n) is 9.58. The number of amides is 2. The third kappa shape index (κ3) is 5.27. The highest BCUT2D eigenvalue weighted by Crippen LogP contribution is 2.23. The van der Waals surface area contributed by atoms with E-state index in [9.17, 15) is 13.8 Å². The van der Waals surface area contributed by atoms with E-state index in [-0.39, 0.29) is 22.4 Å². The maximum absolute atomic E-state index is 12.8. The van der Waals surface area contributed by atoms with Gasteiger partial charge in [0.15, 0.2) is 0 Å². The Morgan fingerprint density at radius 2 is 1.84 bits per heavy atom. The summed E-state index contributed by atoms with van der Waals surface area (Å²) in [7, 11) is 1.77. The molecule has 9 nitrogen and oxygen atoms in total. The first-order chi connectivity index (χ1) is 15.3. The van der Waals surface area contributed by atoms with E-state index in [0.29, 0.717) is 22.7 Å². The first kappa shape index (κ1) is 22.9. The van der Waals surface area contributed by atoms with E-state index in [1.807, 2.05) is 6.92 Å². The smallest absolute Gasteiger partial charge is 0.261 e. The SMILES string of the molecule is CNc1nc(S(C)=O)ncc1C(=O)Nc1cc(NC(=O)c2cccc(OC)c2)ccc1C. The van der Waals surface area contributed by atoms with Crippen LogP contribution in [0.25, 0.3) is 0 Å². The number of hydrogen-bond donors (Lipinski definition) is 3. The number of benzene rings is 2. The van der Waals surface area contributed by atoms with E-state index in [2.05, 4.69) is 25.9 Å². The largest absolute Gasteiger partial charge is 0.497 e. The van der Waals surface area contributed by atoms with Gasteiger partial charge in [0.25, 0.3) is 11.8 Å². The van der Waals surface area contributed by atoms with Gasteiger partial charge in [0.2, 0.25) is 5.16 Å². The van der Waals surface area contributed by atoms with Gasteiger partial charge in [-0.1, -0.05) is 12.1 Å². The zero-order valence-electron chi connectivity index (χ0n) is 18.1. The van der Waals surface area contributed by atoms with E-state index in [0.717, 1.165) is 5.56 Å². The summed E-state index contributed by atoms with van der Waals surface area (Å²) in [4.78, 5) is 33.6. The Morgan fingerprint density at radius 1 is 1.06 bits per heavy atom. The van der Waals surface area contributed by atoms with Crippen molar-refractivity contribution in [2.45, 2.75) is 12.1 Å². The minimum atomic E-state index is -1.37. The summed E-state index contributed by atoms with van der Waals surface area (Å²) in [5, 5.41) is 8.58. The molecule has 0 bridgehead atoms. The Bertz CT molecular complexity index is 1200. The van der Waals surface area contributed by atoms with Crippen LogP contribution in [-0.4, -0.2) is 46.4 Å². The van der Waals surface area contributed by atoms with Crippen molar-refractivity contribution >= 4 is 39.8 Å². The van der Waals surface area contributed by atoms with Crippen LogP contribution in [-0.2, 0) is 10.8 Å². The summed E-state index contributed by atoms with van der Waals surface area (Å²) in [6.45, 7) is 1.84. The van der Waals surface area contributed by atoms with E-state index >= 15 is 0 Å². The molecule has 0 fully saturated rings. The molecule has 10 heteroatoms. The lowest BCUT2D eigenvalue weighted by Gasteiger charge is -2.13. The fraction of sp³-hybridized carbons (Fsp3) is 0.182. The second-order valence-corrected chi connectivity index (χ2v) is 8.06. The zero-order valence-corrected chi connectivity index (χ0v) is 18.9. The Hall–Kier alpha value is -3.79. The molecule has 0 spiro atoms. The molecule has 0 saturated heterocycles. The van der Waals surface area contributed by atoms with E-state index < -0.39 is 16.7 Å². The molecule has 0 aliphatic rings. The van der Waals surface area contributed by atoms with Crippen LogP contribution in [0.1, 0.15) is 26.3 Å².